The largest absolute Gasteiger partial charge is 0.380 e. The highest BCUT2D eigenvalue weighted by molar-refractivity contribution is 6.31. The number of rotatable bonds is 5. The molecule has 1 heterocycles. The van der Waals surface area contributed by atoms with Gasteiger partial charge in [0.15, 0.2) is 0 Å². The van der Waals surface area contributed by atoms with Gasteiger partial charge in [0.25, 0.3) is 0 Å². The van der Waals surface area contributed by atoms with E-state index in [0.29, 0.717) is 31.1 Å². The Kier molecular flexibility index (Phi) is 5.99. The minimum absolute atomic E-state index is 0.0461. The first-order valence-corrected chi connectivity index (χ1v) is 7.52. The fourth-order valence-corrected chi connectivity index (χ4v) is 2.86. The van der Waals surface area contributed by atoms with E-state index >= 15 is 0 Å². The van der Waals surface area contributed by atoms with E-state index in [4.69, 9.17) is 22.1 Å². The maximum absolute atomic E-state index is 12.5. The Morgan fingerprint density at radius 3 is 3.00 bits per heavy atom. The van der Waals surface area contributed by atoms with Gasteiger partial charge in [-0.05, 0) is 11.6 Å². The third kappa shape index (κ3) is 3.95. The topological polar surface area (TPSA) is 67.6 Å². The van der Waals surface area contributed by atoms with E-state index in [1.807, 2.05) is 29.2 Å². The van der Waals surface area contributed by atoms with Gasteiger partial charge in [-0.3, -0.25) is 4.79 Å². The first-order chi connectivity index (χ1) is 10.2. The van der Waals surface area contributed by atoms with Gasteiger partial charge >= 0.3 is 0 Å². The van der Waals surface area contributed by atoms with Crippen LogP contribution in [0.4, 0.5) is 0 Å². The number of nitrogens with one attached hydrogen (secondary N) is 1. The zero-order valence-corrected chi connectivity index (χ0v) is 13.0. The van der Waals surface area contributed by atoms with E-state index in [1.165, 1.54) is 0 Å². The number of benzene rings is 1. The average molecular weight is 312 g/mol. The van der Waals surface area contributed by atoms with E-state index in [2.05, 4.69) is 5.32 Å². The molecule has 0 spiro atoms. The summed E-state index contributed by atoms with van der Waals surface area (Å²) in [6.45, 7) is 2.49. The van der Waals surface area contributed by atoms with Crippen LogP contribution in [0.25, 0.3) is 0 Å². The number of hydrogen-bond donors (Lipinski definition) is 2. The molecule has 0 bridgehead atoms. The van der Waals surface area contributed by atoms with E-state index in [-0.39, 0.29) is 18.1 Å². The number of amides is 1. The van der Waals surface area contributed by atoms with Crippen LogP contribution < -0.4 is 11.1 Å². The molecule has 1 aromatic carbocycles. The van der Waals surface area contributed by atoms with Crippen LogP contribution in [0.5, 0.6) is 0 Å². The Morgan fingerprint density at radius 2 is 2.33 bits per heavy atom. The van der Waals surface area contributed by atoms with Crippen molar-refractivity contribution < 1.29 is 9.53 Å². The van der Waals surface area contributed by atoms with Gasteiger partial charge in [-0.25, -0.2) is 0 Å². The number of nitrogens with zero attached hydrogens (tertiary/aromatic N) is 1. The molecule has 2 rings (SSSR count). The van der Waals surface area contributed by atoms with Gasteiger partial charge in [0.2, 0.25) is 5.91 Å². The van der Waals surface area contributed by atoms with Crippen LogP contribution in [0.1, 0.15) is 18.0 Å². The molecule has 116 valence electrons. The number of methoxy groups -OCH3 is 1. The van der Waals surface area contributed by atoms with Crippen LogP contribution >= 0.6 is 11.6 Å². The van der Waals surface area contributed by atoms with Crippen LogP contribution in [0.2, 0.25) is 5.02 Å². The molecule has 0 aliphatic carbocycles. The van der Waals surface area contributed by atoms with Gasteiger partial charge in [0, 0.05) is 38.3 Å². The maximum atomic E-state index is 12.5. The summed E-state index contributed by atoms with van der Waals surface area (Å²) in [5.74, 6) is 0.0544. The molecule has 1 aliphatic heterocycles. The van der Waals surface area contributed by atoms with Crippen molar-refractivity contribution in [2.24, 2.45) is 5.73 Å². The molecule has 1 aliphatic rings. The van der Waals surface area contributed by atoms with Gasteiger partial charge in [-0.1, -0.05) is 29.8 Å². The summed E-state index contributed by atoms with van der Waals surface area (Å²) in [5.41, 5.74) is 6.58. The van der Waals surface area contributed by atoms with Crippen molar-refractivity contribution in [1.29, 1.82) is 0 Å². The molecule has 0 saturated carbocycles. The monoisotopic (exact) mass is 311 g/mol. The summed E-state index contributed by atoms with van der Waals surface area (Å²) in [4.78, 5) is 14.4. The molecule has 3 N–H and O–H groups in total. The van der Waals surface area contributed by atoms with Crippen molar-refractivity contribution in [2.75, 3.05) is 33.3 Å². The minimum Gasteiger partial charge on any atom is -0.380 e. The Morgan fingerprint density at radius 1 is 1.57 bits per heavy atom. The molecule has 2 unspecified atom stereocenters. The van der Waals surface area contributed by atoms with Gasteiger partial charge in [-0.15, -0.1) is 0 Å². The lowest BCUT2D eigenvalue weighted by atomic mass is 10.0. The molecular formula is C15H22ClN3O2. The van der Waals surface area contributed by atoms with Crippen LogP contribution in [0.3, 0.4) is 0 Å². The van der Waals surface area contributed by atoms with E-state index < -0.39 is 0 Å². The predicted octanol–water partition coefficient (Wildman–Crippen LogP) is 1.18. The second-order valence-electron chi connectivity index (χ2n) is 5.13. The summed E-state index contributed by atoms with van der Waals surface area (Å²) in [7, 11) is 1.58. The molecular weight excluding hydrogens is 290 g/mol. The standard InChI is InChI=1S/C15H22ClN3O2/c1-21-11(9-17)8-15(20)19-7-6-18-10-14(19)12-4-2-3-5-13(12)16/h2-5,11,14,18H,6-10,17H2,1H3. The Hall–Kier alpha value is -1.14. The summed E-state index contributed by atoms with van der Waals surface area (Å²) in [6, 6.07) is 7.61. The van der Waals surface area contributed by atoms with Crippen LogP contribution in [0, 0.1) is 0 Å². The molecule has 2 atom stereocenters. The number of halogens is 1. The number of ether oxygens (including phenoxy) is 1. The maximum Gasteiger partial charge on any atom is 0.225 e. The normalized spacial score (nSPS) is 20.3. The first-order valence-electron chi connectivity index (χ1n) is 7.14. The van der Waals surface area contributed by atoms with Gasteiger partial charge < -0.3 is 20.7 Å². The average Bonchev–Trinajstić information content (AvgIpc) is 2.53. The van der Waals surface area contributed by atoms with E-state index in [1.54, 1.807) is 7.11 Å². The third-order valence-corrected chi connectivity index (χ3v) is 4.17. The fraction of sp³-hybridized carbons (Fsp3) is 0.533. The van der Waals surface area contributed by atoms with E-state index in [9.17, 15) is 4.79 Å². The van der Waals surface area contributed by atoms with E-state index in [0.717, 1.165) is 12.1 Å². The quantitative estimate of drug-likeness (QED) is 0.857. The Labute approximate surface area is 130 Å². The molecule has 0 radical (unpaired) electrons. The van der Waals surface area contributed by atoms with Crippen LogP contribution in [0.15, 0.2) is 24.3 Å². The van der Waals surface area contributed by atoms with Crippen molar-refractivity contribution in [3.63, 3.8) is 0 Å². The highest BCUT2D eigenvalue weighted by atomic mass is 35.5. The molecule has 21 heavy (non-hydrogen) atoms. The molecule has 1 amide bonds. The second kappa shape index (κ2) is 7.75. The first kappa shape index (κ1) is 16.2. The SMILES string of the molecule is COC(CN)CC(=O)N1CCNCC1c1ccccc1Cl. The third-order valence-electron chi connectivity index (χ3n) is 3.83. The zero-order valence-electron chi connectivity index (χ0n) is 12.2. The highest BCUT2D eigenvalue weighted by Crippen LogP contribution is 2.29. The van der Waals surface area contributed by atoms with Gasteiger partial charge in [-0.2, -0.15) is 0 Å². The summed E-state index contributed by atoms with van der Waals surface area (Å²) < 4.78 is 5.21. The Balaban J connectivity index is 2.16. The second-order valence-corrected chi connectivity index (χ2v) is 5.53. The molecule has 1 fully saturated rings. The lowest BCUT2D eigenvalue weighted by Gasteiger charge is -2.37. The molecule has 6 heteroatoms. The number of hydrogen-bond acceptors (Lipinski definition) is 4. The van der Waals surface area contributed by atoms with Crippen molar-refractivity contribution in [1.82, 2.24) is 10.2 Å². The lowest BCUT2D eigenvalue weighted by Crippen LogP contribution is -2.49. The van der Waals surface area contributed by atoms with Crippen molar-refractivity contribution in [3.05, 3.63) is 34.9 Å². The van der Waals surface area contributed by atoms with Crippen LogP contribution in [-0.2, 0) is 9.53 Å². The molecule has 5 nitrogen and oxygen atoms in total. The fourth-order valence-electron chi connectivity index (χ4n) is 2.60. The van der Waals surface area contributed by atoms with Gasteiger partial charge in [0.05, 0.1) is 18.6 Å². The zero-order chi connectivity index (χ0) is 15.2. The summed E-state index contributed by atoms with van der Waals surface area (Å²) in [5, 5.41) is 4.00. The van der Waals surface area contributed by atoms with Gasteiger partial charge in [0.1, 0.15) is 0 Å². The van der Waals surface area contributed by atoms with Crippen molar-refractivity contribution >= 4 is 17.5 Å². The highest BCUT2D eigenvalue weighted by Gasteiger charge is 2.30. The molecule has 1 saturated heterocycles. The van der Waals surface area contributed by atoms with Crippen molar-refractivity contribution in [3.8, 4) is 0 Å². The predicted molar refractivity (Wildman–Crippen MR) is 83.2 cm³/mol. The molecule has 0 aromatic heterocycles. The van der Waals surface area contributed by atoms with Crippen molar-refractivity contribution in [2.45, 2.75) is 18.6 Å². The van der Waals surface area contributed by atoms with Crippen LogP contribution in [-0.4, -0.2) is 50.2 Å². The summed E-state index contributed by atoms with van der Waals surface area (Å²) in [6.07, 6.45) is 0.0628. The smallest absolute Gasteiger partial charge is 0.225 e. The number of carbonyl (C=O) groups is 1. The molecule has 1 aromatic rings. The number of piperazine rings is 1. The number of nitrogens with two attached hydrogens (primary N) is 1. The Bertz CT molecular complexity index is 480. The summed E-state index contributed by atoms with van der Waals surface area (Å²) >= 11 is 6.28. The number of carbonyl (C=O) groups excluding carboxylic acids is 1. The minimum atomic E-state index is -0.237. The lowest BCUT2D eigenvalue weighted by molar-refractivity contribution is -0.137.